The van der Waals surface area contributed by atoms with Crippen LogP contribution < -0.4 is 0 Å². The molecule has 1 N–H and O–H groups in total. The Morgan fingerprint density at radius 1 is 1.09 bits per heavy atom. The van der Waals surface area contributed by atoms with Crippen molar-refractivity contribution in [1.29, 1.82) is 0 Å². The van der Waals surface area contributed by atoms with E-state index in [1.165, 1.54) is 0 Å². The van der Waals surface area contributed by atoms with E-state index in [0.29, 0.717) is 13.2 Å². The summed E-state index contributed by atoms with van der Waals surface area (Å²) in [6, 6.07) is 12.1. The maximum Gasteiger partial charge on any atom is 0.171 e. The lowest BCUT2D eigenvalue weighted by molar-refractivity contribution is 0.103. The number of nitrogens with zero attached hydrogens (tertiary/aromatic N) is 2. The van der Waals surface area contributed by atoms with Crippen LogP contribution in [0.2, 0.25) is 0 Å². The molecule has 0 bridgehead atoms. The van der Waals surface area contributed by atoms with E-state index in [1.807, 2.05) is 41.8 Å². The fraction of sp³-hybridized carbons (Fsp3) is 0.250. The van der Waals surface area contributed by atoms with Crippen molar-refractivity contribution in [2.24, 2.45) is 0 Å². The number of thiophene rings is 1. The van der Waals surface area contributed by atoms with Crippen molar-refractivity contribution in [3.8, 4) is 10.7 Å². The number of para-hydroxylation sites is 1. The molecule has 0 aliphatic heterocycles. The second kappa shape index (κ2) is 7.69. The van der Waals surface area contributed by atoms with Crippen LogP contribution in [0.15, 0.2) is 46.8 Å². The van der Waals surface area contributed by atoms with Crippen molar-refractivity contribution < 1.29 is 9.84 Å². The molecule has 0 spiro atoms. The largest absolute Gasteiger partial charge is 0.394 e. The Labute approximate surface area is 137 Å². The highest BCUT2D eigenvalue weighted by atomic mass is 32.2. The topological polar surface area (TPSA) is 55.2 Å². The zero-order chi connectivity index (χ0) is 15.2. The van der Waals surface area contributed by atoms with Gasteiger partial charge in [0.1, 0.15) is 5.03 Å². The van der Waals surface area contributed by atoms with E-state index < -0.39 is 0 Å². The van der Waals surface area contributed by atoms with Crippen molar-refractivity contribution in [3.05, 3.63) is 41.8 Å². The van der Waals surface area contributed by atoms with Gasteiger partial charge in [-0.25, -0.2) is 9.97 Å². The van der Waals surface area contributed by atoms with Crippen LogP contribution in [0.25, 0.3) is 21.6 Å². The van der Waals surface area contributed by atoms with E-state index in [-0.39, 0.29) is 6.61 Å². The molecule has 0 unspecified atom stereocenters. The molecule has 0 amide bonds. The SMILES string of the molecule is OCCOCCSc1nc(-c2cccs2)nc2ccccc12. The van der Waals surface area contributed by atoms with E-state index in [2.05, 4.69) is 4.98 Å². The number of hydrogen-bond acceptors (Lipinski definition) is 6. The zero-order valence-corrected chi connectivity index (χ0v) is 13.6. The predicted molar refractivity (Wildman–Crippen MR) is 91.5 cm³/mol. The van der Waals surface area contributed by atoms with Crippen LogP contribution in [0.4, 0.5) is 0 Å². The first kappa shape index (κ1) is 15.4. The van der Waals surface area contributed by atoms with Crippen molar-refractivity contribution in [3.63, 3.8) is 0 Å². The van der Waals surface area contributed by atoms with Crippen molar-refractivity contribution >= 4 is 34.0 Å². The molecule has 1 aromatic carbocycles. The number of fused-ring (bicyclic) bond motifs is 1. The van der Waals surface area contributed by atoms with Crippen LogP contribution in [0.1, 0.15) is 0 Å². The maximum atomic E-state index is 8.71. The molecule has 2 heterocycles. The van der Waals surface area contributed by atoms with Gasteiger partial charge in [-0.15, -0.1) is 23.1 Å². The minimum absolute atomic E-state index is 0.0592. The van der Waals surface area contributed by atoms with Crippen LogP contribution >= 0.6 is 23.1 Å². The van der Waals surface area contributed by atoms with Crippen LogP contribution in [-0.4, -0.2) is 40.6 Å². The number of thioether (sulfide) groups is 1. The third-order valence-electron chi connectivity index (χ3n) is 3.01. The Hall–Kier alpha value is -1.47. The average Bonchev–Trinajstić information content (AvgIpc) is 3.09. The van der Waals surface area contributed by atoms with Gasteiger partial charge < -0.3 is 9.84 Å². The number of hydrogen-bond donors (Lipinski definition) is 1. The molecule has 114 valence electrons. The molecule has 6 heteroatoms. The van der Waals surface area contributed by atoms with Gasteiger partial charge in [0, 0.05) is 11.1 Å². The van der Waals surface area contributed by atoms with E-state index in [4.69, 9.17) is 14.8 Å². The zero-order valence-electron chi connectivity index (χ0n) is 11.9. The summed E-state index contributed by atoms with van der Waals surface area (Å²) in [7, 11) is 0. The quantitative estimate of drug-likeness (QED) is 0.408. The number of aromatic nitrogens is 2. The van der Waals surface area contributed by atoms with Crippen LogP contribution in [0, 0.1) is 0 Å². The van der Waals surface area contributed by atoms with Crippen LogP contribution in [0.3, 0.4) is 0 Å². The first-order chi connectivity index (χ1) is 10.9. The summed E-state index contributed by atoms with van der Waals surface area (Å²) in [6.45, 7) is 1.03. The van der Waals surface area contributed by atoms with Gasteiger partial charge in [0.2, 0.25) is 0 Å². The molecule has 2 aromatic heterocycles. The second-order valence-corrected chi connectivity index (χ2v) is 6.56. The van der Waals surface area contributed by atoms with E-state index in [1.54, 1.807) is 23.1 Å². The summed E-state index contributed by atoms with van der Waals surface area (Å²) in [5.74, 6) is 1.57. The van der Waals surface area contributed by atoms with Crippen LogP contribution in [0.5, 0.6) is 0 Å². The Kier molecular flexibility index (Phi) is 5.39. The summed E-state index contributed by atoms with van der Waals surface area (Å²) in [6.07, 6.45) is 0. The van der Waals surface area contributed by atoms with E-state index in [9.17, 15) is 0 Å². The lowest BCUT2D eigenvalue weighted by Gasteiger charge is -2.08. The number of benzene rings is 1. The number of aliphatic hydroxyl groups is 1. The monoisotopic (exact) mass is 332 g/mol. The van der Waals surface area contributed by atoms with Gasteiger partial charge in [-0.2, -0.15) is 0 Å². The molecule has 4 nitrogen and oxygen atoms in total. The van der Waals surface area contributed by atoms with Gasteiger partial charge in [-0.1, -0.05) is 24.3 Å². The first-order valence-electron chi connectivity index (χ1n) is 7.00. The molecule has 3 rings (SSSR count). The van der Waals surface area contributed by atoms with Crippen molar-refractivity contribution in [1.82, 2.24) is 9.97 Å². The smallest absolute Gasteiger partial charge is 0.171 e. The molecule has 0 aliphatic carbocycles. The fourth-order valence-electron chi connectivity index (χ4n) is 2.04. The molecule has 0 saturated heterocycles. The fourth-order valence-corrected chi connectivity index (χ4v) is 3.57. The predicted octanol–water partition coefficient (Wildman–Crippen LogP) is 3.46. The summed E-state index contributed by atoms with van der Waals surface area (Å²) in [4.78, 5) is 10.4. The highest BCUT2D eigenvalue weighted by Gasteiger charge is 2.10. The molecule has 0 aliphatic rings. The standard InChI is InChI=1S/C16H16N2O2S2/c19-7-8-20-9-11-22-16-12-4-1-2-5-13(12)17-15(18-16)14-6-3-10-21-14/h1-6,10,19H,7-9,11H2. The molecular weight excluding hydrogens is 316 g/mol. The van der Waals surface area contributed by atoms with E-state index in [0.717, 1.165) is 32.4 Å². The summed E-state index contributed by atoms with van der Waals surface area (Å²) >= 11 is 3.30. The lowest BCUT2D eigenvalue weighted by Crippen LogP contribution is -2.03. The Morgan fingerprint density at radius 3 is 2.82 bits per heavy atom. The Morgan fingerprint density at radius 2 is 2.00 bits per heavy atom. The minimum Gasteiger partial charge on any atom is -0.394 e. The summed E-state index contributed by atoms with van der Waals surface area (Å²) < 4.78 is 5.31. The number of ether oxygens (including phenoxy) is 1. The molecule has 0 atom stereocenters. The normalized spacial score (nSPS) is 11.1. The third kappa shape index (κ3) is 3.64. The maximum absolute atomic E-state index is 8.71. The molecular formula is C16H16N2O2S2. The second-order valence-electron chi connectivity index (χ2n) is 4.53. The van der Waals surface area contributed by atoms with Gasteiger partial charge in [0.25, 0.3) is 0 Å². The average molecular weight is 332 g/mol. The summed E-state index contributed by atoms with van der Waals surface area (Å²) in [5, 5.41) is 12.8. The number of rotatable bonds is 7. The van der Waals surface area contributed by atoms with E-state index >= 15 is 0 Å². The third-order valence-corrected chi connectivity index (χ3v) is 4.83. The Bertz CT molecular complexity index is 732. The van der Waals surface area contributed by atoms with Gasteiger partial charge in [0.05, 0.1) is 30.2 Å². The van der Waals surface area contributed by atoms with Gasteiger partial charge >= 0.3 is 0 Å². The lowest BCUT2D eigenvalue weighted by atomic mass is 10.2. The molecule has 0 saturated carbocycles. The van der Waals surface area contributed by atoms with Gasteiger partial charge in [-0.3, -0.25) is 0 Å². The first-order valence-corrected chi connectivity index (χ1v) is 8.87. The Balaban J connectivity index is 1.86. The van der Waals surface area contributed by atoms with Crippen molar-refractivity contribution in [2.75, 3.05) is 25.6 Å². The molecule has 0 radical (unpaired) electrons. The van der Waals surface area contributed by atoms with Gasteiger partial charge in [-0.05, 0) is 17.5 Å². The summed E-state index contributed by atoms with van der Waals surface area (Å²) in [5.41, 5.74) is 0.958. The number of aliphatic hydroxyl groups excluding tert-OH is 1. The van der Waals surface area contributed by atoms with Gasteiger partial charge in [0.15, 0.2) is 5.82 Å². The highest BCUT2D eigenvalue weighted by molar-refractivity contribution is 7.99. The van der Waals surface area contributed by atoms with Crippen molar-refractivity contribution in [2.45, 2.75) is 5.03 Å². The molecule has 22 heavy (non-hydrogen) atoms. The highest BCUT2D eigenvalue weighted by Crippen LogP contribution is 2.29. The molecule has 0 fully saturated rings. The molecule has 3 aromatic rings. The minimum atomic E-state index is 0.0592. The van der Waals surface area contributed by atoms with Crippen LogP contribution in [-0.2, 0) is 4.74 Å².